The number of nitrogens with zero attached hydrogens (tertiary/aromatic N) is 2. The molecule has 4 nitrogen and oxygen atoms in total. The largest absolute Gasteiger partial charge is 0.430 e. The van der Waals surface area contributed by atoms with E-state index in [0.29, 0.717) is 5.19 Å². The molecule has 1 aromatic carbocycles. The average molecular weight is 291 g/mol. The molecule has 20 heavy (non-hydrogen) atoms. The third-order valence-corrected chi connectivity index (χ3v) is 3.62. The first-order valence-corrected chi connectivity index (χ1v) is 7.93. The van der Waals surface area contributed by atoms with Gasteiger partial charge in [0.1, 0.15) is 10.8 Å². The van der Waals surface area contributed by atoms with E-state index < -0.39 is 0 Å². The minimum Gasteiger partial charge on any atom is -0.430 e. The van der Waals surface area contributed by atoms with Crippen LogP contribution in [0.5, 0.6) is 10.9 Å². The Morgan fingerprint density at radius 3 is 2.60 bits per heavy atom. The van der Waals surface area contributed by atoms with Crippen LogP contribution >= 0.6 is 11.3 Å². The second kappa shape index (κ2) is 7.97. The zero-order chi connectivity index (χ0) is 14.2. The molecule has 0 spiro atoms. The maximum Gasteiger partial charge on any atom is 0.299 e. The Morgan fingerprint density at radius 1 is 1.10 bits per heavy atom. The number of rotatable bonds is 8. The predicted molar refractivity (Wildman–Crippen MR) is 82.4 cm³/mol. The lowest BCUT2D eigenvalue weighted by Crippen LogP contribution is -2.13. The van der Waals surface area contributed by atoms with E-state index in [1.807, 2.05) is 12.1 Å². The second-order valence-corrected chi connectivity index (χ2v) is 5.66. The van der Waals surface area contributed by atoms with Crippen molar-refractivity contribution < 1.29 is 4.74 Å². The zero-order valence-electron chi connectivity index (χ0n) is 12.1. The molecule has 0 fully saturated rings. The molecule has 5 heteroatoms. The number of nitrogens with one attached hydrogen (secondary N) is 1. The smallest absolute Gasteiger partial charge is 0.299 e. The molecule has 0 aliphatic carbocycles. The lowest BCUT2D eigenvalue weighted by atomic mass is 10.1. The summed E-state index contributed by atoms with van der Waals surface area (Å²) in [6.45, 7) is 6.07. The van der Waals surface area contributed by atoms with Gasteiger partial charge in [-0.2, -0.15) is 0 Å². The van der Waals surface area contributed by atoms with Gasteiger partial charge in [-0.25, -0.2) is 0 Å². The number of benzene rings is 1. The van der Waals surface area contributed by atoms with E-state index in [1.165, 1.54) is 16.9 Å². The number of aromatic nitrogens is 2. The summed E-state index contributed by atoms with van der Waals surface area (Å²) < 4.78 is 5.72. The van der Waals surface area contributed by atoms with Crippen molar-refractivity contribution in [3.05, 3.63) is 34.8 Å². The van der Waals surface area contributed by atoms with Gasteiger partial charge in [0.2, 0.25) is 0 Å². The van der Waals surface area contributed by atoms with Crippen molar-refractivity contribution in [3.63, 3.8) is 0 Å². The Hall–Kier alpha value is -1.46. The summed E-state index contributed by atoms with van der Waals surface area (Å²) in [5, 5.41) is 13.0. The molecule has 0 unspecified atom stereocenters. The molecule has 0 bridgehead atoms. The van der Waals surface area contributed by atoms with Crippen LogP contribution in [0, 0.1) is 0 Å². The van der Waals surface area contributed by atoms with Crippen molar-refractivity contribution in [3.8, 4) is 10.9 Å². The van der Waals surface area contributed by atoms with Gasteiger partial charge in [0, 0.05) is 6.54 Å². The van der Waals surface area contributed by atoms with Gasteiger partial charge in [-0.05, 0) is 37.1 Å². The van der Waals surface area contributed by atoms with Crippen LogP contribution in [-0.4, -0.2) is 16.7 Å². The molecule has 1 N–H and O–H groups in total. The minimum absolute atomic E-state index is 0.599. The third-order valence-electron chi connectivity index (χ3n) is 2.82. The van der Waals surface area contributed by atoms with E-state index in [1.54, 1.807) is 0 Å². The molecule has 1 heterocycles. The van der Waals surface area contributed by atoms with Crippen LogP contribution in [0.2, 0.25) is 0 Å². The van der Waals surface area contributed by atoms with E-state index in [-0.39, 0.29) is 0 Å². The van der Waals surface area contributed by atoms with Gasteiger partial charge in [0.05, 0.1) is 0 Å². The summed E-state index contributed by atoms with van der Waals surface area (Å²) in [7, 11) is 0. The van der Waals surface area contributed by atoms with E-state index in [4.69, 9.17) is 4.74 Å². The maximum atomic E-state index is 5.72. The second-order valence-electron chi connectivity index (χ2n) is 4.63. The molecule has 0 aliphatic heterocycles. The van der Waals surface area contributed by atoms with Gasteiger partial charge in [0.15, 0.2) is 0 Å². The Morgan fingerprint density at radius 2 is 1.90 bits per heavy atom. The molecule has 0 atom stereocenters. The van der Waals surface area contributed by atoms with Crippen LogP contribution in [0.15, 0.2) is 24.3 Å². The molecule has 0 radical (unpaired) electrons. The van der Waals surface area contributed by atoms with E-state index >= 15 is 0 Å². The van der Waals surface area contributed by atoms with Crippen molar-refractivity contribution in [1.82, 2.24) is 15.5 Å². The van der Waals surface area contributed by atoms with Crippen molar-refractivity contribution in [2.75, 3.05) is 6.54 Å². The van der Waals surface area contributed by atoms with Crippen molar-refractivity contribution in [2.45, 2.75) is 39.7 Å². The summed E-state index contributed by atoms with van der Waals surface area (Å²) in [6, 6.07) is 8.18. The first-order chi connectivity index (χ1) is 9.81. The molecule has 0 amide bonds. The molecule has 108 valence electrons. The zero-order valence-corrected chi connectivity index (χ0v) is 12.9. The van der Waals surface area contributed by atoms with Crippen LogP contribution in [0.1, 0.15) is 37.3 Å². The first kappa shape index (κ1) is 14.9. The van der Waals surface area contributed by atoms with Crippen LogP contribution in [0.25, 0.3) is 0 Å². The fraction of sp³-hybridized carbons (Fsp3) is 0.467. The number of ether oxygens (including phenoxy) is 1. The summed E-state index contributed by atoms with van der Waals surface area (Å²) in [6.07, 6.45) is 3.38. The first-order valence-electron chi connectivity index (χ1n) is 7.11. The number of hydrogen-bond donors (Lipinski definition) is 1. The fourth-order valence-electron chi connectivity index (χ4n) is 1.84. The Kier molecular flexibility index (Phi) is 5.95. The molecule has 0 saturated carbocycles. The highest BCUT2D eigenvalue weighted by Crippen LogP contribution is 2.25. The average Bonchev–Trinajstić information content (AvgIpc) is 2.89. The third kappa shape index (κ3) is 4.58. The van der Waals surface area contributed by atoms with E-state index in [9.17, 15) is 0 Å². The fourth-order valence-corrected chi connectivity index (χ4v) is 2.51. The van der Waals surface area contributed by atoms with Crippen molar-refractivity contribution in [1.29, 1.82) is 0 Å². The van der Waals surface area contributed by atoms with Gasteiger partial charge in [-0.1, -0.05) is 48.8 Å². The van der Waals surface area contributed by atoms with Gasteiger partial charge >= 0.3 is 0 Å². The summed E-state index contributed by atoms with van der Waals surface area (Å²) >= 11 is 1.49. The topological polar surface area (TPSA) is 47.0 Å². The molecule has 0 aliphatic rings. The van der Waals surface area contributed by atoms with Crippen molar-refractivity contribution in [2.24, 2.45) is 0 Å². The normalized spacial score (nSPS) is 10.7. The van der Waals surface area contributed by atoms with Crippen LogP contribution in [-0.2, 0) is 13.0 Å². The Labute approximate surface area is 124 Å². The Bertz CT molecular complexity index is 510. The lowest BCUT2D eigenvalue weighted by Gasteiger charge is -2.02. The molecule has 2 rings (SSSR count). The van der Waals surface area contributed by atoms with Crippen LogP contribution in [0.3, 0.4) is 0 Å². The highest BCUT2D eigenvalue weighted by atomic mass is 32.1. The summed E-state index contributed by atoms with van der Waals surface area (Å²) in [5.74, 6) is 0.814. The molecule has 0 saturated heterocycles. The number of hydrogen-bond acceptors (Lipinski definition) is 5. The summed E-state index contributed by atoms with van der Waals surface area (Å²) in [5.41, 5.74) is 1.33. The van der Waals surface area contributed by atoms with Gasteiger partial charge in [0.25, 0.3) is 5.19 Å². The van der Waals surface area contributed by atoms with Crippen LogP contribution < -0.4 is 10.1 Å². The highest BCUT2D eigenvalue weighted by molar-refractivity contribution is 7.13. The minimum atomic E-state index is 0.599. The lowest BCUT2D eigenvalue weighted by molar-refractivity contribution is 0.472. The molecule has 1 aromatic heterocycles. The summed E-state index contributed by atoms with van der Waals surface area (Å²) in [4.78, 5) is 0. The standard InChI is InChI=1S/C15H21N3OS/c1-3-5-12-6-8-13(9-7-12)19-15-18-17-14(20-15)11-16-10-4-2/h6-9,16H,3-5,10-11H2,1-2H3. The predicted octanol–water partition coefficient (Wildman–Crippen LogP) is 3.78. The van der Waals surface area contributed by atoms with Gasteiger partial charge in [-0.3, -0.25) is 0 Å². The van der Waals surface area contributed by atoms with Gasteiger partial charge < -0.3 is 10.1 Å². The molecular weight excluding hydrogens is 270 g/mol. The quantitative estimate of drug-likeness (QED) is 0.752. The Balaban J connectivity index is 1.89. The van der Waals surface area contributed by atoms with Crippen molar-refractivity contribution >= 4 is 11.3 Å². The molecule has 2 aromatic rings. The number of aryl methyl sites for hydroxylation is 1. The van der Waals surface area contributed by atoms with E-state index in [0.717, 1.165) is 43.1 Å². The van der Waals surface area contributed by atoms with E-state index in [2.05, 4.69) is 41.5 Å². The van der Waals surface area contributed by atoms with Gasteiger partial charge in [-0.15, -0.1) is 5.10 Å². The molecular formula is C15H21N3OS. The SMILES string of the molecule is CCCNCc1nnc(Oc2ccc(CCC)cc2)s1. The highest BCUT2D eigenvalue weighted by Gasteiger charge is 2.06. The monoisotopic (exact) mass is 291 g/mol. The maximum absolute atomic E-state index is 5.72. The van der Waals surface area contributed by atoms with Crippen LogP contribution in [0.4, 0.5) is 0 Å².